The zero-order valence-corrected chi connectivity index (χ0v) is 13.2. The first-order valence-electron chi connectivity index (χ1n) is 6.69. The highest BCUT2D eigenvalue weighted by atomic mass is 16.5. The maximum Gasteiger partial charge on any atom is 0.335 e. The molecular weight excluding hydrogens is 252 g/mol. The van der Waals surface area contributed by atoms with Crippen molar-refractivity contribution in [3.63, 3.8) is 0 Å². The monoisotopic (exact) mass is 276 g/mol. The fourth-order valence-corrected chi connectivity index (χ4v) is 1.84. The Morgan fingerprint density at radius 2 is 1.70 bits per heavy atom. The Morgan fingerprint density at radius 1 is 1.15 bits per heavy atom. The lowest BCUT2D eigenvalue weighted by Crippen LogP contribution is -2.17. The van der Waals surface area contributed by atoms with Crippen LogP contribution in [-0.2, 0) is 15.6 Å². The summed E-state index contributed by atoms with van der Waals surface area (Å²) in [7, 11) is 0. The molecule has 0 heterocycles. The molecule has 0 spiro atoms. The summed E-state index contributed by atoms with van der Waals surface area (Å²) in [6.07, 6.45) is 1.08. The molecule has 0 aliphatic rings. The highest BCUT2D eigenvalue weighted by molar-refractivity contribution is 5.84. The lowest BCUT2D eigenvalue weighted by atomic mass is 9.80. The zero-order valence-electron chi connectivity index (χ0n) is 13.2. The minimum Gasteiger partial charge on any atom is -0.504 e. The molecule has 0 aliphatic heterocycles. The van der Waals surface area contributed by atoms with E-state index in [0.717, 1.165) is 17.2 Å². The van der Waals surface area contributed by atoms with Crippen molar-refractivity contribution in [2.45, 2.75) is 52.4 Å². The van der Waals surface area contributed by atoms with Gasteiger partial charge in [-0.25, -0.2) is 4.79 Å². The molecule has 0 unspecified atom stereocenters. The first-order chi connectivity index (χ1) is 8.96. The van der Waals surface area contributed by atoms with Crippen molar-refractivity contribution < 1.29 is 14.6 Å². The average molecular weight is 276 g/mol. The fourth-order valence-electron chi connectivity index (χ4n) is 1.84. The van der Waals surface area contributed by atoms with Crippen LogP contribution in [0.2, 0.25) is 0 Å². The van der Waals surface area contributed by atoms with Gasteiger partial charge in [-0.15, -0.1) is 0 Å². The number of rotatable bonds is 2. The molecule has 3 nitrogen and oxygen atoms in total. The topological polar surface area (TPSA) is 46.5 Å². The molecule has 0 amide bonds. The smallest absolute Gasteiger partial charge is 0.335 e. The Labute approximate surface area is 121 Å². The number of hydrogen-bond donors (Lipinski definition) is 1. The van der Waals surface area contributed by atoms with Crippen LogP contribution in [0.1, 0.15) is 52.7 Å². The van der Waals surface area contributed by atoms with Crippen molar-refractivity contribution >= 4 is 5.97 Å². The van der Waals surface area contributed by atoms with E-state index in [1.54, 1.807) is 6.07 Å². The minimum atomic E-state index is -0.578. The Kier molecular flexibility index (Phi) is 4.33. The maximum atomic E-state index is 11.4. The van der Waals surface area contributed by atoms with Crippen LogP contribution in [0.4, 0.5) is 0 Å². The van der Waals surface area contributed by atoms with Gasteiger partial charge in [0, 0.05) is 11.6 Å². The quantitative estimate of drug-likeness (QED) is 0.503. The van der Waals surface area contributed by atoms with Crippen molar-refractivity contribution in [1.82, 2.24) is 0 Å². The highest BCUT2D eigenvalue weighted by Gasteiger charge is 2.26. The van der Waals surface area contributed by atoms with Crippen LogP contribution in [0.5, 0.6) is 11.5 Å². The van der Waals surface area contributed by atoms with E-state index < -0.39 is 5.97 Å². The summed E-state index contributed by atoms with van der Waals surface area (Å²) in [5.41, 5.74) is 1.41. The second-order valence-corrected chi connectivity index (χ2v) is 7.00. The second kappa shape index (κ2) is 5.31. The van der Waals surface area contributed by atoms with E-state index in [1.165, 1.54) is 0 Å². The van der Waals surface area contributed by atoms with Gasteiger partial charge in [-0.05, 0) is 22.5 Å². The maximum absolute atomic E-state index is 11.4. The fraction of sp³-hybridized carbons (Fsp3) is 0.471. The molecule has 1 aromatic carbocycles. The summed E-state index contributed by atoms with van der Waals surface area (Å²) in [4.78, 5) is 11.4. The third-order valence-corrected chi connectivity index (χ3v) is 3.13. The van der Waals surface area contributed by atoms with Gasteiger partial charge in [0.15, 0.2) is 11.5 Å². The molecule has 20 heavy (non-hydrogen) atoms. The molecule has 0 bridgehead atoms. The molecule has 0 radical (unpaired) electrons. The van der Waals surface area contributed by atoms with Crippen molar-refractivity contribution in [3.05, 3.63) is 35.9 Å². The summed E-state index contributed by atoms with van der Waals surface area (Å²) >= 11 is 0. The van der Waals surface area contributed by atoms with Crippen LogP contribution < -0.4 is 4.74 Å². The molecular formula is C17H24O3. The summed E-state index contributed by atoms with van der Waals surface area (Å²) in [6.45, 7) is 15.6. The third kappa shape index (κ3) is 3.62. The van der Waals surface area contributed by atoms with Crippen LogP contribution in [0.3, 0.4) is 0 Å². The van der Waals surface area contributed by atoms with Crippen LogP contribution in [0.15, 0.2) is 24.8 Å². The summed E-state index contributed by atoms with van der Waals surface area (Å²) in [5, 5.41) is 10.3. The number of benzene rings is 1. The molecule has 0 fully saturated rings. The highest BCUT2D eigenvalue weighted by Crippen LogP contribution is 2.41. The van der Waals surface area contributed by atoms with Gasteiger partial charge in [0.1, 0.15) is 0 Å². The van der Waals surface area contributed by atoms with Gasteiger partial charge in [0.25, 0.3) is 0 Å². The first kappa shape index (κ1) is 16.3. The predicted molar refractivity (Wildman–Crippen MR) is 81.3 cm³/mol. The van der Waals surface area contributed by atoms with Gasteiger partial charge >= 0.3 is 5.97 Å². The summed E-state index contributed by atoms with van der Waals surface area (Å²) in [6, 6.07) is 3.69. The Bertz CT molecular complexity index is 528. The molecule has 0 aliphatic carbocycles. The largest absolute Gasteiger partial charge is 0.504 e. The third-order valence-electron chi connectivity index (χ3n) is 3.13. The van der Waals surface area contributed by atoms with Gasteiger partial charge in [-0.1, -0.05) is 54.2 Å². The number of esters is 1. The van der Waals surface area contributed by atoms with Crippen molar-refractivity contribution in [2.24, 2.45) is 0 Å². The number of aromatic hydroxyl groups is 1. The number of phenolic OH excluding ortho intramolecular Hbond substituents is 1. The van der Waals surface area contributed by atoms with E-state index in [-0.39, 0.29) is 22.3 Å². The van der Waals surface area contributed by atoms with Gasteiger partial charge in [-0.2, -0.15) is 0 Å². The number of carbonyl (C=O) groups excluding carboxylic acids is 1. The van der Waals surface area contributed by atoms with E-state index in [1.807, 2.05) is 26.8 Å². The van der Waals surface area contributed by atoms with Crippen LogP contribution >= 0.6 is 0 Å². The zero-order chi connectivity index (χ0) is 15.7. The van der Waals surface area contributed by atoms with Crippen molar-refractivity contribution in [1.29, 1.82) is 0 Å². The SMILES string of the molecule is C=CC(=O)Oc1cc(C(C)(C)C)cc(C(C)(C)C)c1O. The number of carbonyl (C=O) groups is 1. The van der Waals surface area contributed by atoms with E-state index >= 15 is 0 Å². The second-order valence-electron chi connectivity index (χ2n) is 7.00. The lowest BCUT2D eigenvalue weighted by molar-refractivity contribution is -0.129. The average Bonchev–Trinajstić information content (AvgIpc) is 2.28. The Morgan fingerprint density at radius 3 is 2.10 bits per heavy atom. The molecule has 0 saturated carbocycles. The molecule has 0 atom stereocenters. The molecule has 110 valence electrons. The molecule has 1 aromatic rings. The van der Waals surface area contributed by atoms with Crippen molar-refractivity contribution in [3.8, 4) is 11.5 Å². The molecule has 0 saturated heterocycles. The normalized spacial score (nSPS) is 12.1. The van der Waals surface area contributed by atoms with E-state index in [0.29, 0.717) is 0 Å². The van der Waals surface area contributed by atoms with E-state index in [4.69, 9.17) is 4.74 Å². The minimum absolute atomic E-state index is 0.0145. The number of phenols is 1. The van der Waals surface area contributed by atoms with E-state index in [9.17, 15) is 9.90 Å². The van der Waals surface area contributed by atoms with Gasteiger partial charge in [0.2, 0.25) is 0 Å². The van der Waals surface area contributed by atoms with Crippen LogP contribution in [0.25, 0.3) is 0 Å². The standard InChI is InChI=1S/C17H24O3/c1-8-14(18)20-13-10-11(16(2,3)4)9-12(15(13)19)17(5,6)7/h8-10,19H,1H2,2-7H3. The number of hydrogen-bond acceptors (Lipinski definition) is 3. The molecule has 1 rings (SSSR count). The van der Waals surface area contributed by atoms with Gasteiger partial charge in [0.05, 0.1) is 0 Å². The van der Waals surface area contributed by atoms with Gasteiger partial charge in [-0.3, -0.25) is 0 Å². The summed E-state index contributed by atoms with van der Waals surface area (Å²) in [5.74, 6) is -0.376. The first-order valence-corrected chi connectivity index (χ1v) is 6.69. The Balaban J connectivity index is 3.51. The predicted octanol–water partition coefficient (Wildman–Crippen LogP) is 4.08. The van der Waals surface area contributed by atoms with Gasteiger partial charge < -0.3 is 9.84 Å². The number of ether oxygens (including phenoxy) is 1. The summed E-state index contributed by atoms with van der Waals surface area (Å²) < 4.78 is 5.16. The lowest BCUT2D eigenvalue weighted by Gasteiger charge is -2.27. The van der Waals surface area contributed by atoms with Crippen LogP contribution in [0, 0.1) is 0 Å². The molecule has 3 heteroatoms. The Hall–Kier alpha value is -1.77. The van der Waals surface area contributed by atoms with E-state index in [2.05, 4.69) is 27.4 Å². The van der Waals surface area contributed by atoms with Crippen LogP contribution in [-0.4, -0.2) is 11.1 Å². The van der Waals surface area contributed by atoms with Crippen molar-refractivity contribution in [2.75, 3.05) is 0 Å². The molecule has 0 aromatic heterocycles. The molecule has 1 N–H and O–H groups in total.